The van der Waals surface area contributed by atoms with E-state index in [-0.39, 0.29) is 22.9 Å². The number of Topliss-reactive ketones (excluding diaryl/α,β-unsaturated/α-hetero) is 1. The lowest BCUT2D eigenvalue weighted by molar-refractivity contribution is -0.117. The van der Waals surface area contributed by atoms with Gasteiger partial charge in [-0.1, -0.05) is 41.5 Å². The Kier molecular flexibility index (Phi) is 9.94. The first-order chi connectivity index (χ1) is 15.6. The smallest absolute Gasteiger partial charge is 0.251 e. The van der Waals surface area contributed by atoms with Crippen molar-refractivity contribution < 1.29 is 14.3 Å². The molecule has 1 aromatic carbocycles. The summed E-state index contributed by atoms with van der Waals surface area (Å²) in [4.78, 5) is 40.2. The molecule has 1 atom stereocenters. The first-order valence-corrected chi connectivity index (χ1v) is 14.4. The molecule has 8 heteroatoms. The van der Waals surface area contributed by atoms with Crippen LogP contribution in [0.5, 0.6) is 0 Å². The maximum atomic E-state index is 13.3. The number of nitrogens with zero attached hydrogens (tertiary/aromatic N) is 2. The van der Waals surface area contributed by atoms with Crippen molar-refractivity contribution in [2.24, 2.45) is 5.18 Å². The third-order valence-corrected chi connectivity index (χ3v) is 15.1. The Morgan fingerprint density at radius 1 is 1.06 bits per heavy atom. The molecule has 1 N–H and O–H groups in total. The van der Waals surface area contributed by atoms with Gasteiger partial charge in [0.1, 0.15) is 11.5 Å². The zero-order valence-electron chi connectivity index (χ0n) is 21.3. The molecule has 0 radical (unpaired) electrons. The first kappa shape index (κ1) is 27.3. The van der Waals surface area contributed by atoms with E-state index in [1.165, 1.54) is 0 Å². The number of benzene rings is 1. The summed E-state index contributed by atoms with van der Waals surface area (Å²) >= 11 is 0. The minimum atomic E-state index is -2.33. The van der Waals surface area contributed by atoms with Crippen molar-refractivity contribution >= 4 is 25.5 Å². The number of amides is 1. The zero-order chi connectivity index (χ0) is 24.8. The quantitative estimate of drug-likeness (QED) is 0.358. The first-order valence-electron chi connectivity index (χ1n) is 12.1. The van der Waals surface area contributed by atoms with Gasteiger partial charge < -0.3 is 10.1 Å². The number of rotatable bonds is 11. The van der Waals surface area contributed by atoms with Gasteiger partial charge in [-0.15, -0.1) is 4.91 Å². The van der Waals surface area contributed by atoms with E-state index in [4.69, 9.17) is 4.74 Å². The van der Waals surface area contributed by atoms with Crippen molar-refractivity contribution in [2.45, 2.75) is 70.6 Å². The van der Waals surface area contributed by atoms with E-state index < -0.39 is 8.07 Å². The topological polar surface area (TPSA) is 88.1 Å². The van der Waals surface area contributed by atoms with Crippen LogP contribution in [0.2, 0.25) is 16.6 Å². The number of hydrogen-bond acceptors (Lipinski definition) is 6. The Balaban J connectivity index is 2.47. The number of morpholine rings is 1. The van der Waals surface area contributed by atoms with E-state index in [2.05, 4.69) is 56.9 Å². The van der Waals surface area contributed by atoms with Crippen LogP contribution in [0.4, 0.5) is 5.69 Å². The van der Waals surface area contributed by atoms with E-state index in [9.17, 15) is 14.5 Å². The van der Waals surface area contributed by atoms with Gasteiger partial charge in [0.2, 0.25) is 0 Å². The lowest BCUT2D eigenvalue weighted by Gasteiger charge is -2.48. The zero-order valence-corrected chi connectivity index (χ0v) is 22.3. The van der Waals surface area contributed by atoms with Crippen LogP contribution >= 0.6 is 0 Å². The van der Waals surface area contributed by atoms with Gasteiger partial charge in [-0.05, 0) is 52.5 Å². The highest BCUT2D eigenvalue weighted by Crippen LogP contribution is 2.51. The van der Waals surface area contributed by atoms with E-state index in [1.54, 1.807) is 25.1 Å². The van der Waals surface area contributed by atoms with Crippen LogP contribution in [0, 0.1) is 4.91 Å². The molecule has 184 valence electrons. The second kappa shape index (κ2) is 12.0. The minimum absolute atomic E-state index is 0.0585. The number of nitrogens with one attached hydrogen (secondary N) is 1. The lowest BCUT2D eigenvalue weighted by atomic mass is 10.0. The highest BCUT2D eigenvalue weighted by molar-refractivity contribution is 6.87. The third-order valence-electron chi connectivity index (χ3n) is 7.42. The fourth-order valence-electron chi connectivity index (χ4n) is 6.14. The Bertz CT molecular complexity index is 813. The van der Waals surface area contributed by atoms with E-state index in [0.717, 1.165) is 19.6 Å². The van der Waals surface area contributed by atoms with Gasteiger partial charge in [-0.3, -0.25) is 14.5 Å². The molecule has 1 amide bonds. The summed E-state index contributed by atoms with van der Waals surface area (Å²) in [6.07, 6.45) is 0. The maximum Gasteiger partial charge on any atom is 0.251 e. The number of hydrogen-bond donors (Lipinski definition) is 1. The molecule has 1 aliphatic rings. The number of carbonyl (C=O) groups excluding carboxylic acids is 2. The summed E-state index contributed by atoms with van der Waals surface area (Å²) < 4.78 is 5.38. The van der Waals surface area contributed by atoms with Gasteiger partial charge in [-0.2, -0.15) is 0 Å². The molecule has 7 nitrogen and oxygen atoms in total. The summed E-state index contributed by atoms with van der Waals surface area (Å²) in [6, 6.07) is 4.89. The molecule has 1 aliphatic heterocycles. The fourth-order valence-corrected chi connectivity index (χ4v) is 13.6. The third kappa shape index (κ3) is 5.97. The molecule has 1 saturated heterocycles. The van der Waals surface area contributed by atoms with Crippen molar-refractivity contribution in [1.29, 1.82) is 0 Å². The number of ether oxygens (including phenoxy) is 1. The summed E-state index contributed by atoms with van der Waals surface area (Å²) in [5.74, 6) is -0.149. The molecule has 1 unspecified atom stereocenters. The molecule has 1 fully saturated rings. The Labute approximate surface area is 199 Å². The second-order valence-electron chi connectivity index (χ2n) is 10.1. The van der Waals surface area contributed by atoms with Crippen molar-refractivity contribution in [1.82, 2.24) is 10.2 Å². The molecule has 2 rings (SSSR count). The molecular weight excluding hydrogens is 434 g/mol. The van der Waals surface area contributed by atoms with Gasteiger partial charge in [0.05, 0.1) is 21.3 Å². The average Bonchev–Trinajstić information content (AvgIpc) is 2.76. The Morgan fingerprint density at radius 3 is 2.12 bits per heavy atom. The van der Waals surface area contributed by atoms with Crippen molar-refractivity contribution in [3.63, 3.8) is 0 Å². The van der Waals surface area contributed by atoms with Crippen LogP contribution < -0.4 is 5.32 Å². The van der Waals surface area contributed by atoms with Crippen LogP contribution in [0.15, 0.2) is 23.4 Å². The molecule has 1 heterocycles. The molecule has 0 spiro atoms. The fraction of sp³-hybridized carbons (Fsp3) is 0.680. The summed E-state index contributed by atoms with van der Waals surface area (Å²) in [5, 5.41) is 6.15. The molecular formula is C25H41N3O4Si. The van der Waals surface area contributed by atoms with Crippen molar-refractivity contribution in [3.8, 4) is 0 Å². The van der Waals surface area contributed by atoms with Crippen LogP contribution in [0.3, 0.4) is 0 Å². The van der Waals surface area contributed by atoms with Crippen molar-refractivity contribution in [2.75, 3.05) is 39.4 Å². The predicted octanol–water partition coefficient (Wildman–Crippen LogP) is 5.04. The highest BCUT2D eigenvalue weighted by atomic mass is 28.3. The Hall–Kier alpha value is -1.90. The highest BCUT2D eigenvalue weighted by Gasteiger charge is 2.52. The molecule has 0 saturated carbocycles. The van der Waals surface area contributed by atoms with Gasteiger partial charge in [-0.25, -0.2) is 0 Å². The van der Waals surface area contributed by atoms with Crippen LogP contribution in [-0.2, 0) is 9.53 Å². The van der Waals surface area contributed by atoms with Gasteiger partial charge in [0.25, 0.3) is 5.91 Å². The maximum absolute atomic E-state index is 13.3. The van der Waals surface area contributed by atoms with E-state index >= 15 is 0 Å². The monoisotopic (exact) mass is 475 g/mol. The van der Waals surface area contributed by atoms with E-state index in [1.807, 2.05) is 0 Å². The predicted molar refractivity (Wildman–Crippen MR) is 136 cm³/mol. The number of carbonyl (C=O) groups is 2. The summed E-state index contributed by atoms with van der Waals surface area (Å²) in [6.45, 7) is 19.2. The van der Waals surface area contributed by atoms with Crippen LogP contribution in [-0.4, -0.2) is 64.1 Å². The molecule has 0 bridgehead atoms. The molecule has 1 aromatic rings. The van der Waals surface area contributed by atoms with Gasteiger partial charge >= 0.3 is 0 Å². The van der Waals surface area contributed by atoms with Gasteiger partial charge in [0.15, 0.2) is 0 Å². The second-order valence-corrected chi connectivity index (χ2v) is 16.1. The largest absolute Gasteiger partial charge is 0.379 e. The lowest BCUT2D eigenvalue weighted by Crippen LogP contribution is -2.53. The normalized spacial score (nSPS) is 16.3. The average molecular weight is 476 g/mol. The number of ketones is 1. The summed E-state index contributed by atoms with van der Waals surface area (Å²) in [5.41, 5.74) is 1.94. The number of nitroso groups, excluding NO2 is 1. The minimum Gasteiger partial charge on any atom is -0.379 e. The Morgan fingerprint density at radius 2 is 1.64 bits per heavy atom. The standard InChI is InChI=1S/C25H41N3O4Si/c1-17(2)33(18(3)4,19(5)6)24(20(7)29)23-16-21(27-31)8-9-22(23)25(30)26-10-11-28-12-14-32-15-13-28/h8-9,16-19,24H,10-15H2,1-7H3,(H,26,30). The van der Waals surface area contributed by atoms with E-state index in [0.29, 0.717) is 47.5 Å². The molecule has 0 aliphatic carbocycles. The molecule has 33 heavy (non-hydrogen) atoms. The molecule has 0 aromatic heterocycles. The van der Waals surface area contributed by atoms with Crippen LogP contribution in [0.1, 0.15) is 69.9 Å². The van der Waals surface area contributed by atoms with Crippen molar-refractivity contribution in [3.05, 3.63) is 34.2 Å². The van der Waals surface area contributed by atoms with Gasteiger partial charge in [0, 0.05) is 37.3 Å². The SMILES string of the molecule is CC(=O)C(c1cc(N=O)ccc1C(=O)NCCN1CCOCC1)[Si](C(C)C)(C(C)C)C(C)C. The summed E-state index contributed by atoms with van der Waals surface area (Å²) in [7, 11) is -2.33. The van der Waals surface area contributed by atoms with Crippen LogP contribution in [0.25, 0.3) is 0 Å².